The number of rotatable bonds is 2. The summed E-state index contributed by atoms with van der Waals surface area (Å²) in [4.78, 5) is 0. The first-order valence-electron chi connectivity index (χ1n) is 5.13. The van der Waals surface area contributed by atoms with Crippen LogP contribution in [0, 0.1) is 6.92 Å². The van der Waals surface area contributed by atoms with E-state index in [0.29, 0.717) is 0 Å². The van der Waals surface area contributed by atoms with Gasteiger partial charge in [0.2, 0.25) is 0 Å². The van der Waals surface area contributed by atoms with Crippen molar-refractivity contribution < 1.29 is 9.47 Å². The van der Waals surface area contributed by atoms with E-state index in [9.17, 15) is 0 Å². The van der Waals surface area contributed by atoms with Gasteiger partial charge < -0.3 is 9.47 Å². The Bertz CT molecular complexity index is 348. The van der Waals surface area contributed by atoms with Crippen LogP contribution in [0.5, 0.6) is 11.5 Å². The van der Waals surface area contributed by atoms with Gasteiger partial charge in [-0.15, -0.1) is 0 Å². The van der Waals surface area contributed by atoms with E-state index in [-0.39, 0.29) is 5.41 Å². The van der Waals surface area contributed by atoms with E-state index in [4.69, 9.17) is 9.47 Å². The molecule has 1 rings (SSSR count). The lowest BCUT2D eigenvalue weighted by Gasteiger charge is -2.23. The van der Waals surface area contributed by atoms with Crippen LogP contribution >= 0.6 is 0 Å². The summed E-state index contributed by atoms with van der Waals surface area (Å²) in [5.41, 5.74) is 2.55. The van der Waals surface area contributed by atoms with Crippen LogP contribution in [-0.2, 0) is 5.41 Å². The zero-order valence-corrected chi connectivity index (χ0v) is 10.5. The number of hydrogen-bond acceptors (Lipinski definition) is 2. The molecule has 2 nitrogen and oxygen atoms in total. The Labute approximate surface area is 92.2 Å². The number of methoxy groups -OCH3 is 2. The van der Waals surface area contributed by atoms with Crippen LogP contribution in [0.1, 0.15) is 31.9 Å². The fourth-order valence-electron chi connectivity index (χ4n) is 1.77. The molecule has 84 valence electrons. The molecule has 1 aromatic carbocycles. The van der Waals surface area contributed by atoms with Crippen molar-refractivity contribution in [3.05, 3.63) is 23.3 Å². The van der Waals surface area contributed by atoms with Crippen LogP contribution in [0.4, 0.5) is 0 Å². The molecule has 0 fully saturated rings. The molecule has 0 N–H and O–H groups in total. The van der Waals surface area contributed by atoms with Crippen LogP contribution in [0.2, 0.25) is 0 Å². The van der Waals surface area contributed by atoms with E-state index in [1.807, 2.05) is 6.07 Å². The molecule has 0 aliphatic heterocycles. The van der Waals surface area contributed by atoms with Gasteiger partial charge in [0.15, 0.2) is 0 Å². The monoisotopic (exact) mass is 208 g/mol. The second-order valence-electron chi connectivity index (χ2n) is 4.75. The molecule has 0 amide bonds. The molecular weight excluding hydrogens is 188 g/mol. The maximum Gasteiger partial charge on any atom is 0.125 e. The highest BCUT2D eigenvalue weighted by Crippen LogP contribution is 2.35. The van der Waals surface area contributed by atoms with Gasteiger partial charge in [0.25, 0.3) is 0 Å². The molecule has 0 heterocycles. The summed E-state index contributed by atoms with van der Waals surface area (Å²) in [6.07, 6.45) is 0. The van der Waals surface area contributed by atoms with Crippen molar-refractivity contribution >= 4 is 0 Å². The van der Waals surface area contributed by atoms with Crippen LogP contribution < -0.4 is 9.47 Å². The molecule has 0 unspecified atom stereocenters. The molecule has 0 aliphatic rings. The van der Waals surface area contributed by atoms with Crippen molar-refractivity contribution in [3.8, 4) is 11.5 Å². The minimum Gasteiger partial charge on any atom is -0.497 e. The van der Waals surface area contributed by atoms with Crippen LogP contribution in [0.25, 0.3) is 0 Å². The van der Waals surface area contributed by atoms with Gasteiger partial charge in [-0.3, -0.25) is 0 Å². The summed E-state index contributed by atoms with van der Waals surface area (Å²) in [5, 5.41) is 0. The molecule has 0 bridgehead atoms. The molecule has 15 heavy (non-hydrogen) atoms. The fraction of sp³-hybridized carbons (Fsp3) is 0.538. The van der Waals surface area contributed by atoms with E-state index in [1.54, 1.807) is 14.2 Å². The number of hydrogen-bond donors (Lipinski definition) is 0. The Balaban J connectivity index is 3.37. The van der Waals surface area contributed by atoms with Gasteiger partial charge in [-0.05, 0) is 29.5 Å². The zero-order chi connectivity index (χ0) is 11.6. The molecule has 0 aliphatic carbocycles. The molecule has 0 spiro atoms. The maximum atomic E-state index is 5.34. The summed E-state index contributed by atoms with van der Waals surface area (Å²) >= 11 is 0. The van der Waals surface area contributed by atoms with Crippen molar-refractivity contribution in [3.63, 3.8) is 0 Å². The first-order chi connectivity index (χ1) is 6.90. The molecule has 0 saturated heterocycles. The van der Waals surface area contributed by atoms with Crippen LogP contribution in [0.3, 0.4) is 0 Å². The molecule has 0 saturated carbocycles. The van der Waals surface area contributed by atoms with Gasteiger partial charge >= 0.3 is 0 Å². The minimum absolute atomic E-state index is 0.103. The van der Waals surface area contributed by atoms with Crippen molar-refractivity contribution in [1.82, 2.24) is 0 Å². The zero-order valence-electron chi connectivity index (χ0n) is 10.5. The maximum absolute atomic E-state index is 5.34. The lowest BCUT2D eigenvalue weighted by molar-refractivity contribution is 0.388. The Morgan fingerprint density at radius 2 is 1.60 bits per heavy atom. The smallest absolute Gasteiger partial charge is 0.125 e. The largest absolute Gasteiger partial charge is 0.497 e. The molecule has 0 aromatic heterocycles. The third kappa shape index (κ3) is 2.44. The highest BCUT2D eigenvalue weighted by molar-refractivity contribution is 5.48. The Morgan fingerprint density at radius 1 is 1.00 bits per heavy atom. The normalized spacial score (nSPS) is 11.3. The predicted molar refractivity (Wildman–Crippen MR) is 63.0 cm³/mol. The first kappa shape index (κ1) is 11.9. The van der Waals surface area contributed by atoms with Gasteiger partial charge in [0.1, 0.15) is 11.5 Å². The lowest BCUT2D eigenvalue weighted by Crippen LogP contribution is -2.13. The molecular formula is C13H20O2. The summed E-state index contributed by atoms with van der Waals surface area (Å²) in [7, 11) is 3.37. The molecule has 2 heteroatoms. The average Bonchev–Trinajstić information content (AvgIpc) is 2.16. The second kappa shape index (κ2) is 4.13. The van der Waals surface area contributed by atoms with Gasteiger partial charge in [0.05, 0.1) is 14.2 Å². The summed E-state index contributed by atoms with van der Waals surface area (Å²) in [5.74, 6) is 1.74. The van der Waals surface area contributed by atoms with E-state index >= 15 is 0 Å². The number of benzene rings is 1. The van der Waals surface area contributed by atoms with E-state index in [2.05, 4.69) is 33.8 Å². The van der Waals surface area contributed by atoms with E-state index in [1.165, 1.54) is 11.1 Å². The summed E-state index contributed by atoms with van der Waals surface area (Å²) in [6.45, 7) is 8.65. The Hall–Kier alpha value is -1.18. The molecule has 0 radical (unpaired) electrons. The van der Waals surface area contributed by atoms with Gasteiger partial charge in [-0.1, -0.05) is 20.8 Å². The van der Waals surface area contributed by atoms with Crippen molar-refractivity contribution in [2.75, 3.05) is 14.2 Å². The number of ether oxygens (including phenoxy) is 2. The third-order valence-corrected chi connectivity index (χ3v) is 2.60. The van der Waals surface area contributed by atoms with Crippen molar-refractivity contribution in [2.45, 2.75) is 33.1 Å². The van der Waals surface area contributed by atoms with E-state index in [0.717, 1.165) is 11.5 Å². The predicted octanol–water partition coefficient (Wildman–Crippen LogP) is 3.31. The van der Waals surface area contributed by atoms with Gasteiger partial charge in [-0.2, -0.15) is 0 Å². The molecule has 0 atom stereocenters. The topological polar surface area (TPSA) is 18.5 Å². The highest BCUT2D eigenvalue weighted by Gasteiger charge is 2.19. The van der Waals surface area contributed by atoms with Crippen molar-refractivity contribution in [1.29, 1.82) is 0 Å². The minimum atomic E-state index is 0.103. The third-order valence-electron chi connectivity index (χ3n) is 2.60. The molecule has 1 aromatic rings. The van der Waals surface area contributed by atoms with Crippen LogP contribution in [0.15, 0.2) is 12.1 Å². The van der Waals surface area contributed by atoms with Gasteiger partial charge in [0, 0.05) is 6.07 Å². The Morgan fingerprint density at radius 3 is 2.00 bits per heavy atom. The lowest BCUT2D eigenvalue weighted by atomic mass is 9.83. The SMILES string of the molecule is COc1cc(OC)c(C)c(C(C)(C)C)c1. The average molecular weight is 208 g/mol. The summed E-state index contributed by atoms with van der Waals surface area (Å²) in [6, 6.07) is 4.00. The van der Waals surface area contributed by atoms with E-state index < -0.39 is 0 Å². The van der Waals surface area contributed by atoms with Crippen LogP contribution in [-0.4, -0.2) is 14.2 Å². The van der Waals surface area contributed by atoms with Gasteiger partial charge in [-0.25, -0.2) is 0 Å². The Kier molecular flexibility index (Phi) is 3.28. The standard InChI is InChI=1S/C13H20O2/c1-9-11(13(2,3)4)7-10(14-5)8-12(9)15-6/h7-8H,1-6H3. The fourth-order valence-corrected chi connectivity index (χ4v) is 1.77. The second-order valence-corrected chi connectivity index (χ2v) is 4.75. The quantitative estimate of drug-likeness (QED) is 0.742. The van der Waals surface area contributed by atoms with Crippen molar-refractivity contribution in [2.24, 2.45) is 0 Å². The summed E-state index contributed by atoms with van der Waals surface area (Å²) < 4.78 is 10.6. The first-order valence-corrected chi connectivity index (χ1v) is 5.13. The highest BCUT2D eigenvalue weighted by atomic mass is 16.5.